The van der Waals surface area contributed by atoms with Gasteiger partial charge in [-0.3, -0.25) is 0 Å². The summed E-state index contributed by atoms with van der Waals surface area (Å²) in [4.78, 5) is 1.62. The maximum atomic E-state index is 12.2. The summed E-state index contributed by atoms with van der Waals surface area (Å²) in [5.74, 6) is 0.752. The van der Waals surface area contributed by atoms with Crippen molar-refractivity contribution in [1.29, 1.82) is 0 Å². The molecule has 0 N–H and O–H groups in total. The van der Waals surface area contributed by atoms with Crippen LogP contribution in [0.15, 0.2) is 46.2 Å². The molecule has 23 heavy (non-hydrogen) atoms. The zero-order valence-corrected chi connectivity index (χ0v) is 15.9. The molecule has 0 aliphatic heterocycles. The summed E-state index contributed by atoms with van der Waals surface area (Å²) in [7, 11) is -0.277. The first kappa shape index (κ1) is 18.0. The van der Waals surface area contributed by atoms with Crippen molar-refractivity contribution in [2.45, 2.75) is 36.3 Å². The minimum Gasteiger partial charge on any atom is -0.207 e. The fraction of sp³-hybridized carbons (Fsp3) is 0.333. The van der Waals surface area contributed by atoms with Gasteiger partial charge in [-0.05, 0) is 49.6 Å². The molecule has 0 aliphatic carbocycles. The summed E-state index contributed by atoms with van der Waals surface area (Å²) < 4.78 is 25.7. The molecule has 3 nitrogen and oxygen atoms in total. The third-order valence-corrected chi connectivity index (χ3v) is 6.89. The highest BCUT2D eigenvalue weighted by molar-refractivity contribution is 7.98. The molecule has 0 bridgehead atoms. The minimum atomic E-state index is -3.38. The third kappa shape index (κ3) is 4.16. The molecule has 0 saturated carbocycles. The second-order valence-corrected chi connectivity index (χ2v) is 9.09. The zero-order valence-electron chi connectivity index (χ0n) is 14.3. The van der Waals surface area contributed by atoms with E-state index in [1.54, 1.807) is 44.1 Å². The molecular formula is C18H23NO2S2. The van der Waals surface area contributed by atoms with Crippen molar-refractivity contribution >= 4 is 21.8 Å². The predicted octanol–water partition coefficient (Wildman–Crippen LogP) is 4.15. The number of hydrogen-bond donors (Lipinski definition) is 0. The van der Waals surface area contributed by atoms with Gasteiger partial charge in [-0.2, -0.15) is 0 Å². The van der Waals surface area contributed by atoms with Crippen LogP contribution in [0, 0.1) is 20.8 Å². The second kappa shape index (κ2) is 7.07. The lowest BCUT2D eigenvalue weighted by Crippen LogP contribution is -2.22. The first-order valence-corrected chi connectivity index (χ1v) is 9.86. The number of aryl methyl sites for hydroxylation is 3. The molecule has 0 amide bonds. The average molecular weight is 350 g/mol. The Morgan fingerprint density at radius 1 is 1.00 bits per heavy atom. The van der Waals surface area contributed by atoms with E-state index in [9.17, 15) is 8.42 Å². The average Bonchev–Trinajstić information content (AvgIpc) is 2.46. The van der Waals surface area contributed by atoms with Crippen LogP contribution in [0.5, 0.6) is 0 Å². The lowest BCUT2D eigenvalue weighted by atomic mass is 10.1. The van der Waals surface area contributed by atoms with E-state index in [0.717, 1.165) is 11.3 Å². The summed E-state index contributed by atoms with van der Waals surface area (Å²) in [6.07, 6.45) is 0. The van der Waals surface area contributed by atoms with Gasteiger partial charge in [0.15, 0.2) is 0 Å². The topological polar surface area (TPSA) is 37.4 Å². The zero-order chi connectivity index (χ0) is 17.2. The molecule has 0 aliphatic rings. The van der Waals surface area contributed by atoms with Crippen molar-refractivity contribution < 1.29 is 8.42 Å². The van der Waals surface area contributed by atoms with E-state index >= 15 is 0 Å². The fourth-order valence-electron chi connectivity index (χ4n) is 2.56. The molecule has 0 aromatic heterocycles. The van der Waals surface area contributed by atoms with Crippen LogP contribution in [-0.4, -0.2) is 26.8 Å². The fourth-order valence-corrected chi connectivity index (χ4v) is 4.59. The number of benzene rings is 2. The van der Waals surface area contributed by atoms with Crippen LogP contribution in [0.2, 0.25) is 0 Å². The van der Waals surface area contributed by atoms with Gasteiger partial charge >= 0.3 is 0 Å². The summed E-state index contributed by atoms with van der Waals surface area (Å²) >= 11 is 1.75. The Morgan fingerprint density at radius 3 is 2.17 bits per heavy atom. The smallest absolute Gasteiger partial charge is 0.207 e. The van der Waals surface area contributed by atoms with Crippen molar-refractivity contribution in [3.63, 3.8) is 0 Å². The normalized spacial score (nSPS) is 11.9. The molecule has 0 unspecified atom stereocenters. The van der Waals surface area contributed by atoms with Crippen LogP contribution < -0.4 is 0 Å². The summed E-state index contributed by atoms with van der Waals surface area (Å²) in [5.41, 5.74) is 4.81. The second-order valence-electron chi connectivity index (χ2n) is 5.95. The van der Waals surface area contributed by atoms with Gasteiger partial charge in [0.25, 0.3) is 0 Å². The largest absolute Gasteiger partial charge is 0.242 e. The van der Waals surface area contributed by atoms with Gasteiger partial charge in [-0.25, -0.2) is 12.7 Å². The SMILES string of the molecule is Cc1cc(C)c(SCc2cccc(S(=O)(=O)N(C)C)c2)c(C)c1. The van der Waals surface area contributed by atoms with Gasteiger partial charge in [0, 0.05) is 24.7 Å². The van der Waals surface area contributed by atoms with Crippen molar-refractivity contribution in [2.75, 3.05) is 14.1 Å². The monoisotopic (exact) mass is 349 g/mol. The summed E-state index contributed by atoms with van der Waals surface area (Å²) in [6, 6.07) is 11.6. The van der Waals surface area contributed by atoms with Crippen LogP contribution in [-0.2, 0) is 15.8 Å². The molecule has 124 valence electrons. The van der Waals surface area contributed by atoms with Crippen LogP contribution >= 0.6 is 11.8 Å². The van der Waals surface area contributed by atoms with E-state index in [2.05, 4.69) is 32.9 Å². The van der Waals surface area contributed by atoms with E-state index in [0.29, 0.717) is 4.90 Å². The first-order valence-electron chi connectivity index (χ1n) is 7.44. The standard InChI is InChI=1S/C18H23NO2S2/c1-13-9-14(2)18(15(3)10-13)22-12-16-7-6-8-17(11-16)23(20,21)19(4)5/h6-11H,12H2,1-5H3. The van der Waals surface area contributed by atoms with Gasteiger partial charge < -0.3 is 0 Å². The molecule has 2 aromatic rings. The van der Waals surface area contributed by atoms with Crippen LogP contribution in [0.3, 0.4) is 0 Å². The van der Waals surface area contributed by atoms with Gasteiger partial charge in [0.2, 0.25) is 10.0 Å². The van der Waals surface area contributed by atoms with Crippen LogP contribution in [0.4, 0.5) is 0 Å². The molecule has 0 saturated heterocycles. The quantitative estimate of drug-likeness (QED) is 0.761. The molecule has 5 heteroatoms. The number of sulfonamides is 1. The van der Waals surface area contributed by atoms with E-state index in [4.69, 9.17) is 0 Å². The van der Waals surface area contributed by atoms with Gasteiger partial charge in [0.05, 0.1) is 4.90 Å². The van der Waals surface area contributed by atoms with Crippen LogP contribution in [0.1, 0.15) is 22.3 Å². The predicted molar refractivity (Wildman–Crippen MR) is 97.5 cm³/mol. The van der Waals surface area contributed by atoms with Crippen molar-refractivity contribution in [2.24, 2.45) is 0 Å². The molecule has 0 heterocycles. The molecule has 0 radical (unpaired) electrons. The Kier molecular flexibility index (Phi) is 5.55. The lowest BCUT2D eigenvalue weighted by Gasteiger charge is -2.13. The Balaban J connectivity index is 2.23. The maximum absolute atomic E-state index is 12.2. The van der Waals surface area contributed by atoms with Gasteiger partial charge in [0.1, 0.15) is 0 Å². The molecule has 2 aromatic carbocycles. The Morgan fingerprint density at radius 2 is 1.61 bits per heavy atom. The van der Waals surface area contributed by atoms with E-state index < -0.39 is 10.0 Å². The van der Waals surface area contributed by atoms with Crippen molar-refractivity contribution in [1.82, 2.24) is 4.31 Å². The molecule has 2 rings (SSSR count). The molecular weight excluding hydrogens is 326 g/mol. The maximum Gasteiger partial charge on any atom is 0.242 e. The Labute approximate surface area is 143 Å². The number of thioether (sulfide) groups is 1. The van der Waals surface area contributed by atoms with E-state index in [-0.39, 0.29) is 0 Å². The van der Waals surface area contributed by atoms with Crippen molar-refractivity contribution in [3.8, 4) is 0 Å². The number of hydrogen-bond acceptors (Lipinski definition) is 3. The highest BCUT2D eigenvalue weighted by Crippen LogP contribution is 2.30. The van der Waals surface area contributed by atoms with E-state index in [1.807, 2.05) is 6.07 Å². The third-order valence-electron chi connectivity index (χ3n) is 3.66. The van der Waals surface area contributed by atoms with E-state index in [1.165, 1.54) is 25.9 Å². The molecule has 0 fully saturated rings. The first-order chi connectivity index (χ1) is 10.7. The minimum absolute atomic E-state index is 0.345. The lowest BCUT2D eigenvalue weighted by molar-refractivity contribution is 0.520. The molecule has 0 spiro atoms. The highest BCUT2D eigenvalue weighted by Gasteiger charge is 2.17. The van der Waals surface area contributed by atoms with Gasteiger partial charge in [-0.1, -0.05) is 29.8 Å². The summed E-state index contributed by atoms with van der Waals surface area (Å²) in [5, 5.41) is 0. The Hall–Kier alpha value is -1.30. The van der Waals surface area contributed by atoms with Crippen LogP contribution in [0.25, 0.3) is 0 Å². The van der Waals surface area contributed by atoms with Gasteiger partial charge in [-0.15, -0.1) is 11.8 Å². The Bertz CT molecular complexity index is 789. The molecule has 0 atom stereocenters. The summed E-state index contributed by atoms with van der Waals surface area (Å²) in [6.45, 7) is 6.34. The highest BCUT2D eigenvalue weighted by atomic mass is 32.2. The number of nitrogens with zero attached hydrogens (tertiary/aromatic N) is 1. The number of rotatable bonds is 5. The van der Waals surface area contributed by atoms with Crippen molar-refractivity contribution in [3.05, 3.63) is 58.7 Å².